The number of benzene rings is 2. The maximum Gasteiger partial charge on any atom is 0.338 e. The fourth-order valence-electron chi connectivity index (χ4n) is 3.93. The van der Waals surface area contributed by atoms with Gasteiger partial charge in [-0.15, -0.1) is 0 Å². The van der Waals surface area contributed by atoms with Crippen molar-refractivity contribution in [2.75, 3.05) is 19.7 Å². The third-order valence-corrected chi connectivity index (χ3v) is 7.68. The Balaban J connectivity index is 1.48. The number of sulfonamides is 1. The van der Waals surface area contributed by atoms with Gasteiger partial charge in [0.1, 0.15) is 11.4 Å². The lowest BCUT2D eigenvalue weighted by molar-refractivity contribution is -0.115. The predicted molar refractivity (Wildman–Crippen MR) is 119 cm³/mol. The van der Waals surface area contributed by atoms with Gasteiger partial charge in [0, 0.05) is 31.5 Å². The first kappa shape index (κ1) is 22.2. The summed E-state index contributed by atoms with van der Waals surface area (Å²) in [5.41, 5.74) is 1.75. The Labute approximate surface area is 187 Å². The quantitative estimate of drug-likeness (QED) is 0.697. The number of nitrogens with one attached hydrogen (secondary N) is 1. The molecule has 0 atom stereocenters. The minimum atomic E-state index is -3.73. The largest absolute Gasteiger partial charge is 0.462 e. The van der Waals surface area contributed by atoms with E-state index in [1.54, 1.807) is 6.92 Å². The lowest BCUT2D eigenvalue weighted by Gasteiger charge is -2.36. The highest BCUT2D eigenvalue weighted by molar-refractivity contribution is 7.89. The minimum Gasteiger partial charge on any atom is -0.462 e. The average Bonchev–Trinajstić information content (AvgIpc) is 3.10. The van der Waals surface area contributed by atoms with Gasteiger partial charge in [0.05, 0.1) is 17.1 Å². The van der Waals surface area contributed by atoms with Crippen molar-refractivity contribution in [2.24, 2.45) is 4.99 Å². The third-order valence-electron chi connectivity index (χ3n) is 5.76. The molecule has 9 heteroatoms. The van der Waals surface area contributed by atoms with Crippen molar-refractivity contribution in [1.82, 2.24) is 9.62 Å². The highest BCUT2D eigenvalue weighted by atomic mass is 32.2. The van der Waals surface area contributed by atoms with Gasteiger partial charge in [-0.05, 0) is 38.1 Å². The molecule has 2 heterocycles. The van der Waals surface area contributed by atoms with Crippen molar-refractivity contribution in [3.63, 3.8) is 0 Å². The highest BCUT2D eigenvalue weighted by Gasteiger charge is 2.44. The van der Waals surface area contributed by atoms with E-state index in [0.717, 1.165) is 11.1 Å². The van der Waals surface area contributed by atoms with Crippen LogP contribution in [0, 0.1) is 6.92 Å². The number of aryl methyl sites for hydroxylation is 1. The number of nitrogens with zero attached hydrogens (tertiary/aromatic N) is 2. The van der Waals surface area contributed by atoms with Crippen molar-refractivity contribution in [1.29, 1.82) is 0 Å². The van der Waals surface area contributed by atoms with Gasteiger partial charge in [-0.25, -0.2) is 13.2 Å². The number of amides is 1. The molecule has 2 aromatic rings. The van der Waals surface area contributed by atoms with Crippen molar-refractivity contribution in [3.05, 3.63) is 65.2 Å². The number of ether oxygens (including phenoxy) is 1. The van der Waals surface area contributed by atoms with Crippen molar-refractivity contribution in [3.8, 4) is 0 Å². The van der Waals surface area contributed by atoms with E-state index in [9.17, 15) is 18.0 Å². The molecule has 1 saturated heterocycles. The zero-order valence-electron chi connectivity index (χ0n) is 18.0. The van der Waals surface area contributed by atoms with E-state index in [1.165, 1.54) is 28.6 Å². The summed E-state index contributed by atoms with van der Waals surface area (Å²) in [4.78, 5) is 29.1. The number of piperidine rings is 1. The SMILES string of the molecule is CCOC(=O)c1ccc(S(=O)(=O)N2CCC3(CC2)N=C(c2ccc(C)cc2)C(=O)N3)cc1. The first-order valence-corrected chi connectivity index (χ1v) is 11.9. The van der Waals surface area contributed by atoms with E-state index in [2.05, 4.69) is 10.3 Å². The minimum absolute atomic E-state index is 0.112. The summed E-state index contributed by atoms with van der Waals surface area (Å²) < 4.78 is 32.5. The van der Waals surface area contributed by atoms with Gasteiger partial charge in [-0.1, -0.05) is 29.8 Å². The summed E-state index contributed by atoms with van der Waals surface area (Å²) in [6.45, 7) is 4.39. The molecule has 1 N–H and O–H groups in total. The summed E-state index contributed by atoms with van der Waals surface area (Å²) in [6.07, 6.45) is 0.766. The first-order valence-electron chi connectivity index (χ1n) is 10.5. The Hall–Kier alpha value is -3.04. The monoisotopic (exact) mass is 455 g/mol. The van der Waals surface area contributed by atoms with Crippen LogP contribution < -0.4 is 5.32 Å². The molecule has 8 nitrogen and oxygen atoms in total. The molecular formula is C23H25N3O5S. The standard InChI is InChI=1S/C23H25N3O5S/c1-3-31-22(28)18-8-10-19(11-9-18)32(29,30)26-14-12-23(13-15-26)24-20(21(27)25-23)17-6-4-16(2)5-7-17/h4-11H,3,12-15H2,1-2H3,(H,25,27). The number of carbonyl (C=O) groups is 2. The lowest BCUT2D eigenvalue weighted by atomic mass is 10.00. The molecule has 168 valence electrons. The smallest absolute Gasteiger partial charge is 0.338 e. The first-order chi connectivity index (χ1) is 15.2. The second kappa shape index (κ2) is 8.48. The molecule has 32 heavy (non-hydrogen) atoms. The molecule has 1 amide bonds. The fourth-order valence-corrected chi connectivity index (χ4v) is 5.37. The second-order valence-corrected chi connectivity index (χ2v) is 9.90. The number of aliphatic imine (C=N–C) groups is 1. The van der Waals surface area contributed by atoms with E-state index in [1.807, 2.05) is 31.2 Å². The Bertz CT molecular complexity index is 1160. The summed E-state index contributed by atoms with van der Waals surface area (Å²) in [7, 11) is -3.73. The molecule has 2 aliphatic heterocycles. The van der Waals surface area contributed by atoms with Crippen molar-refractivity contribution in [2.45, 2.75) is 37.2 Å². The van der Waals surface area contributed by atoms with Crippen molar-refractivity contribution >= 4 is 27.6 Å². The van der Waals surface area contributed by atoms with E-state index in [-0.39, 0.29) is 30.5 Å². The summed E-state index contributed by atoms with van der Waals surface area (Å²) in [5.74, 6) is -0.727. The van der Waals surface area contributed by atoms with Crippen LogP contribution >= 0.6 is 0 Å². The number of esters is 1. The third kappa shape index (κ3) is 4.18. The van der Waals surface area contributed by atoms with Gasteiger partial charge < -0.3 is 10.1 Å². The number of carbonyl (C=O) groups excluding carboxylic acids is 2. The summed E-state index contributed by atoms with van der Waals surface area (Å²) in [5, 5.41) is 2.96. The van der Waals surface area contributed by atoms with Gasteiger partial charge in [-0.3, -0.25) is 9.79 Å². The lowest BCUT2D eigenvalue weighted by Crippen LogP contribution is -2.52. The molecule has 2 aromatic carbocycles. The van der Waals surface area contributed by atoms with Crippen molar-refractivity contribution < 1.29 is 22.7 Å². The fraction of sp³-hybridized carbons (Fsp3) is 0.348. The topological polar surface area (TPSA) is 105 Å². The van der Waals surface area contributed by atoms with Crippen LogP contribution in [0.4, 0.5) is 0 Å². The van der Waals surface area contributed by atoms with Gasteiger partial charge in [-0.2, -0.15) is 4.31 Å². The molecular weight excluding hydrogens is 430 g/mol. The molecule has 0 radical (unpaired) electrons. The maximum absolute atomic E-state index is 13.1. The second-order valence-electron chi connectivity index (χ2n) is 7.96. The van der Waals surface area contributed by atoms with Gasteiger partial charge in [0.15, 0.2) is 0 Å². The number of rotatable bonds is 5. The normalized spacial score (nSPS) is 18.3. The molecule has 1 spiro atoms. The molecule has 0 aliphatic carbocycles. The number of hydrogen-bond acceptors (Lipinski definition) is 6. The van der Waals surface area contributed by atoms with Gasteiger partial charge >= 0.3 is 5.97 Å². The molecule has 2 aliphatic rings. The Kier molecular flexibility index (Phi) is 5.87. The summed E-state index contributed by atoms with van der Waals surface area (Å²) >= 11 is 0. The molecule has 0 unspecified atom stereocenters. The summed E-state index contributed by atoms with van der Waals surface area (Å²) in [6, 6.07) is 13.3. The van der Waals surface area contributed by atoms with E-state index >= 15 is 0 Å². The Morgan fingerprint density at radius 1 is 1.09 bits per heavy atom. The molecule has 1 fully saturated rings. The zero-order chi connectivity index (χ0) is 22.9. The van der Waals surface area contributed by atoms with Crippen LogP contribution in [-0.2, 0) is 19.6 Å². The van der Waals surface area contributed by atoms with Crippen LogP contribution in [0.25, 0.3) is 0 Å². The van der Waals surface area contributed by atoms with Crippen LogP contribution in [-0.4, -0.2) is 55.7 Å². The van der Waals surface area contributed by atoms with E-state index in [0.29, 0.717) is 24.1 Å². The van der Waals surface area contributed by atoms with Crippen LogP contribution in [0.1, 0.15) is 41.3 Å². The van der Waals surface area contributed by atoms with Gasteiger partial charge in [0.2, 0.25) is 10.0 Å². The average molecular weight is 456 g/mol. The van der Waals surface area contributed by atoms with E-state index in [4.69, 9.17) is 4.74 Å². The maximum atomic E-state index is 13.1. The Morgan fingerprint density at radius 2 is 1.72 bits per heavy atom. The predicted octanol–water partition coefficient (Wildman–Crippen LogP) is 2.27. The Morgan fingerprint density at radius 3 is 2.31 bits per heavy atom. The molecule has 0 aromatic heterocycles. The molecule has 0 saturated carbocycles. The van der Waals surface area contributed by atoms with Crippen LogP contribution in [0.5, 0.6) is 0 Å². The van der Waals surface area contributed by atoms with Crippen LogP contribution in [0.15, 0.2) is 58.4 Å². The zero-order valence-corrected chi connectivity index (χ0v) is 18.8. The van der Waals surface area contributed by atoms with Crippen LogP contribution in [0.3, 0.4) is 0 Å². The van der Waals surface area contributed by atoms with Gasteiger partial charge in [0.25, 0.3) is 5.91 Å². The number of hydrogen-bond donors (Lipinski definition) is 1. The molecule has 0 bridgehead atoms. The highest BCUT2D eigenvalue weighted by Crippen LogP contribution is 2.31. The van der Waals surface area contributed by atoms with E-state index < -0.39 is 21.7 Å². The van der Waals surface area contributed by atoms with Crippen LogP contribution in [0.2, 0.25) is 0 Å². The molecule has 4 rings (SSSR count).